The summed E-state index contributed by atoms with van der Waals surface area (Å²) in [4.78, 5) is 20.1. The Labute approximate surface area is 180 Å². The van der Waals surface area contributed by atoms with Gasteiger partial charge in [-0.15, -0.1) is 0 Å². The number of amides is 1. The molecule has 1 aromatic heterocycles. The molecular weight excluding hydrogens is 435 g/mol. The number of aliphatic imine (C=N–C) groups is 1. The van der Waals surface area contributed by atoms with Gasteiger partial charge in [0.25, 0.3) is 11.9 Å². The van der Waals surface area contributed by atoms with E-state index in [1.807, 2.05) is 6.07 Å². The predicted molar refractivity (Wildman–Crippen MR) is 107 cm³/mol. The number of aromatic nitrogens is 1. The van der Waals surface area contributed by atoms with Gasteiger partial charge in [0.15, 0.2) is 11.1 Å². The van der Waals surface area contributed by atoms with E-state index < -0.39 is 40.4 Å². The zero-order valence-corrected chi connectivity index (χ0v) is 17.4. The van der Waals surface area contributed by atoms with Crippen LogP contribution < -0.4 is 11.1 Å². The van der Waals surface area contributed by atoms with Crippen molar-refractivity contribution in [1.82, 2.24) is 4.98 Å². The number of halogens is 4. The number of alkyl halides is 2. The first-order valence-electron chi connectivity index (χ1n) is 8.91. The van der Waals surface area contributed by atoms with E-state index in [9.17, 15) is 9.18 Å². The van der Waals surface area contributed by atoms with Crippen LogP contribution in [0.4, 0.5) is 18.9 Å². The number of amidine groups is 1. The lowest BCUT2D eigenvalue weighted by atomic mass is 9.77. The standard InChI is InChI=1S/C20H17ClF3N5O2/c1-18(2)20(23,24)19(3,29-17(26)31-18)12-7-11(4-5-14(12)22)28-16(30)15-13(21)6-10(8-25)9-27-15/h4-7,9H,1-3H3,(H2,26,29)(H,28,30). The van der Waals surface area contributed by atoms with Crippen LogP contribution in [0, 0.1) is 17.1 Å². The lowest BCUT2D eigenvalue weighted by Crippen LogP contribution is -2.62. The molecule has 31 heavy (non-hydrogen) atoms. The van der Waals surface area contributed by atoms with Gasteiger partial charge in [-0.05, 0) is 45.0 Å². The second kappa shape index (κ2) is 7.42. The first-order chi connectivity index (χ1) is 14.3. The Balaban J connectivity index is 2.02. The van der Waals surface area contributed by atoms with Crippen LogP contribution in [0.15, 0.2) is 35.5 Å². The normalized spacial score (nSPS) is 21.4. The average molecular weight is 452 g/mol. The van der Waals surface area contributed by atoms with Crippen LogP contribution in [0.3, 0.4) is 0 Å². The predicted octanol–water partition coefficient (Wildman–Crippen LogP) is 3.97. The highest BCUT2D eigenvalue weighted by molar-refractivity contribution is 6.34. The van der Waals surface area contributed by atoms with Gasteiger partial charge >= 0.3 is 5.92 Å². The van der Waals surface area contributed by atoms with E-state index >= 15 is 8.78 Å². The number of benzene rings is 1. The van der Waals surface area contributed by atoms with Gasteiger partial charge < -0.3 is 15.8 Å². The number of ether oxygens (including phenoxy) is 1. The summed E-state index contributed by atoms with van der Waals surface area (Å²) in [5.74, 6) is -5.41. The van der Waals surface area contributed by atoms with Crippen LogP contribution in [0.2, 0.25) is 5.02 Å². The summed E-state index contributed by atoms with van der Waals surface area (Å²) in [6, 6.07) is 5.72. The van der Waals surface area contributed by atoms with Gasteiger partial charge in [0.2, 0.25) is 0 Å². The van der Waals surface area contributed by atoms with Crippen LogP contribution in [0.25, 0.3) is 0 Å². The maximum atomic E-state index is 15.3. The molecule has 162 valence electrons. The number of nitrogens with zero attached hydrogens (tertiary/aromatic N) is 3. The Bertz CT molecular complexity index is 1150. The summed E-state index contributed by atoms with van der Waals surface area (Å²) in [6.45, 7) is 3.27. The highest BCUT2D eigenvalue weighted by Gasteiger charge is 2.66. The summed E-state index contributed by atoms with van der Waals surface area (Å²) < 4.78 is 50.2. The Morgan fingerprint density at radius 3 is 2.58 bits per heavy atom. The van der Waals surface area contributed by atoms with Crippen molar-refractivity contribution in [3.63, 3.8) is 0 Å². The maximum Gasteiger partial charge on any atom is 0.315 e. The van der Waals surface area contributed by atoms with Crippen molar-refractivity contribution in [2.24, 2.45) is 10.7 Å². The first-order valence-corrected chi connectivity index (χ1v) is 9.29. The van der Waals surface area contributed by atoms with Crippen LogP contribution in [-0.4, -0.2) is 28.4 Å². The first kappa shape index (κ1) is 22.4. The lowest BCUT2D eigenvalue weighted by Gasteiger charge is -2.46. The van der Waals surface area contributed by atoms with Crippen molar-refractivity contribution in [2.45, 2.75) is 37.8 Å². The van der Waals surface area contributed by atoms with Crippen molar-refractivity contribution in [2.75, 3.05) is 5.32 Å². The largest absolute Gasteiger partial charge is 0.453 e. The highest BCUT2D eigenvalue weighted by Crippen LogP contribution is 2.51. The van der Waals surface area contributed by atoms with E-state index in [2.05, 4.69) is 15.3 Å². The maximum absolute atomic E-state index is 15.3. The molecule has 1 aliphatic heterocycles. The minimum atomic E-state index is -3.66. The molecule has 2 aromatic rings. The second-order valence-corrected chi connectivity index (χ2v) is 7.93. The number of nitrogens with one attached hydrogen (secondary N) is 1. The third kappa shape index (κ3) is 3.65. The van der Waals surface area contributed by atoms with E-state index in [4.69, 9.17) is 27.3 Å². The molecule has 0 bridgehead atoms. The molecule has 1 aliphatic rings. The van der Waals surface area contributed by atoms with Crippen LogP contribution >= 0.6 is 11.6 Å². The summed E-state index contributed by atoms with van der Waals surface area (Å²) in [5, 5.41) is 11.2. The molecule has 0 radical (unpaired) electrons. The van der Waals surface area contributed by atoms with Crippen molar-refractivity contribution in [1.29, 1.82) is 5.26 Å². The number of carbonyl (C=O) groups is 1. The monoisotopic (exact) mass is 451 g/mol. The van der Waals surface area contributed by atoms with E-state index in [0.717, 1.165) is 39.1 Å². The molecule has 0 saturated carbocycles. The molecular formula is C20H17ClF3N5O2. The Morgan fingerprint density at radius 2 is 1.97 bits per heavy atom. The zero-order valence-electron chi connectivity index (χ0n) is 16.6. The molecule has 1 aromatic carbocycles. The zero-order chi connectivity index (χ0) is 23.2. The van der Waals surface area contributed by atoms with Crippen molar-refractivity contribution in [3.8, 4) is 6.07 Å². The van der Waals surface area contributed by atoms with Gasteiger partial charge in [-0.1, -0.05) is 11.6 Å². The van der Waals surface area contributed by atoms with Crippen molar-refractivity contribution < 1.29 is 22.7 Å². The molecule has 1 atom stereocenters. The third-order valence-corrected chi connectivity index (χ3v) is 5.28. The molecule has 3 rings (SSSR count). The lowest BCUT2D eigenvalue weighted by molar-refractivity contribution is -0.207. The van der Waals surface area contributed by atoms with Gasteiger partial charge in [0.1, 0.15) is 17.6 Å². The number of rotatable bonds is 3. The summed E-state index contributed by atoms with van der Waals surface area (Å²) in [7, 11) is 0. The fraction of sp³-hybridized carbons (Fsp3) is 0.300. The Kier molecular flexibility index (Phi) is 5.36. The number of pyridine rings is 1. The van der Waals surface area contributed by atoms with Crippen molar-refractivity contribution >= 4 is 29.2 Å². The number of hydrogen-bond donors (Lipinski definition) is 2. The minimum absolute atomic E-state index is 0.00118. The van der Waals surface area contributed by atoms with Crippen molar-refractivity contribution in [3.05, 3.63) is 58.1 Å². The fourth-order valence-corrected chi connectivity index (χ4v) is 3.54. The van der Waals surface area contributed by atoms with Gasteiger partial charge in [0, 0.05) is 17.4 Å². The van der Waals surface area contributed by atoms with E-state index in [0.29, 0.717) is 0 Å². The smallest absolute Gasteiger partial charge is 0.315 e. The van der Waals surface area contributed by atoms with Crippen LogP contribution in [0.5, 0.6) is 0 Å². The number of anilines is 1. The van der Waals surface area contributed by atoms with E-state index in [1.165, 1.54) is 12.1 Å². The topological polar surface area (TPSA) is 113 Å². The fourth-order valence-electron chi connectivity index (χ4n) is 3.29. The van der Waals surface area contributed by atoms with Gasteiger partial charge in [-0.3, -0.25) is 4.79 Å². The molecule has 3 N–H and O–H groups in total. The number of nitrogens with two attached hydrogens (primary N) is 1. The summed E-state index contributed by atoms with van der Waals surface area (Å²) in [5.41, 5.74) is 0.568. The van der Waals surface area contributed by atoms with Gasteiger partial charge in [0.05, 0.1) is 10.6 Å². The number of nitriles is 1. The molecule has 0 saturated heterocycles. The van der Waals surface area contributed by atoms with E-state index in [-0.39, 0.29) is 22.0 Å². The number of carbonyl (C=O) groups excluding carboxylic acids is 1. The quantitative estimate of drug-likeness (QED) is 0.733. The molecule has 0 fully saturated rings. The van der Waals surface area contributed by atoms with Gasteiger partial charge in [-0.2, -0.15) is 14.0 Å². The molecule has 11 heteroatoms. The average Bonchev–Trinajstić information content (AvgIpc) is 2.67. The molecule has 1 amide bonds. The highest BCUT2D eigenvalue weighted by atomic mass is 35.5. The Morgan fingerprint density at radius 1 is 1.29 bits per heavy atom. The SMILES string of the molecule is CC1(C)OC(N)=NC(C)(c2cc(NC(=O)c3ncc(C#N)cc3Cl)ccc2F)C1(F)F. The van der Waals surface area contributed by atoms with Gasteiger partial charge in [-0.25, -0.2) is 14.4 Å². The molecule has 0 aliphatic carbocycles. The second-order valence-electron chi connectivity index (χ2n) is 7.52. The molecule has 2 heterocycles. The van der Waals surface area contributed by atoms with Crippen LogP contribution in [0.1, 0.15) is 42.4 Å². The minimum Gasteiger partial charge on any atom is -0.453 e. The summed E-state index contributed by atoms with van der Waals surface area (Å²) >= 11 is 5.98. The molecule has 7 nitrogen and oxygen atoms in total. The Hall–Kier alpha value is -3.32. The number of hydrogen-bond acceptors (Lipinski definition) is 6. The third-order valence-electron chi connectivity index (χ3n) is 5.00. The van der Waals surface area contributed by atoms with E-state index in [1.54, 1.807) is 0 Å². The molecule has 1 unspecified atom stereocenters. The van der Waals surface area contributed by atoms with Crippen LogP contribution in [-0.2, 0) is 10.3 Å². The summed E-state index contributed by atoms with van der Waals surface area (Å²) in [6.07, 6.45) is 1.15. The molecule has 0 spiro atoms.